The Morgan fingerprint density at radius 3 is 2.79 bits per heavy atom. The van der Waals surface area contributed by atoms with Crippen molar-refractivity contribution in [2.24, 2.45) is 0 Å². The number of thiazole rings is 1. The van der Waals surface area contributed by atoms with E-state index in [1.807, 2.05) is 0 Å². The summed E-state index contributed by atoms with van der Waals surface area (Å²) in [5.41, 5.74) is -4.23. The molecule has 0 saturated heterocycles. The number of aromatic nitrogens is 1. The maximum absolute atomic E-state index is 11.8. The fourth-order valence-electron chi connectivity index (χ4n) is 0.670. The lowest BCUT2D eigenvalue weighted by molar-refractivity contribution is -0.136. The molecule has 1 aromatic rings. The fraction of sp³-hybridized carbons (Fsp3) is 0.333. The van der Waals surface area contributed by atoms with Crippen molar-refractivity contribution < 1.29 is 23.1 Å². The SMILES string of the molecule is O=C(O)Cc1csc(SC(F)(F)F)n1. The van der Waals surface area contributed by atoms with Crippen LogP contribution in [0.2, 0.25) is 0 Å². The minimum absolute atomic E-state index is 0.147. The highest BCUT2D eigenvalue weighted by Crippen LogP contribution is 2.38. The number of hydrogen-bond donors (Lipinski definition) is 1. The molecule has 0 radical (unpaired) electrons. The molecule has 0 atom stereocenters. The van der Waals surface area contributed by atoms with E-state index in [0.717, 1.165) is 11.3 Å². The normalized spacial score (nSPS) is 11.6. The summed E-state index contributed by atoms with van der Waals surface area (Å²) < 4.78 is 35.3. The summed E-state index contributed by atoms with van der Waals surface area (Å²) in [5.74, 6) is -1.11. The van der Waals surface area contributed by atoms with Gasteiger partial charge in [0.1, 0.15) is 0 Å². The maximum Gasteiger partial charge on any atom is 0.448 e. The lowest BCUT2D eigenvalue weighted by Gasteiger charge is -2.00. The molecular formula is C6H4F3NO2S2. The predicted molar refractivity (Wildman–Crippen MR) is 45.4 cm³/mol. The third-order valence-electron chi connectivity index (χ3n) is 1.07. The van der Waals surface area contributed by atoms with E-state index in [9.17, 15) is 18.0 Å². The van der Waals surface area contributed by atoms with Gasteiger partial charge in [-0.25, -0.2) is 4.98 Å². The highest BCUT2D eigenvalue weighted by atomic mass is 32.2. The topological polar surface area (TPSA) is 50.2 Å². The molecule has 0 bridgehead atoms. The third kappa shape index (κ3) is 3.97. The van der Waals surface area contributed by atoms with E-state index in [2.05, 4.69) is 4.98 Å². The van der Waals surface area contributed by atoms with Crippen LogP contribution in [0.1, 0.15) is 5.69 Å². The molecule has 0 aromatic carbocycles. The zero-order valence-electron chi connectivity index (χ0n) is 6.54. The summed E-state index contributed by atoms with van der Waals surface area (Å²) in [7, 11) is 0. The van der Waals surface area contributed by atoms with Crippen molar-refractivity contribution in [2.75, 3.05) is 0 Å². The zero-order chi connectivity index (χ0) is 10.8. The quantitative estimate of drug-likeness (QED) is 0.828. The molecule has 0 unspecified atom stereocenters. The third-order valence-corrected chi connectivity index (χ3v) is 2.78. The Morgan fingerprint density at radius 2 is 2.29 bits per heavy atom. The second-order valence-electron chi connectivity index (χ2n) is 2.22. The maximum atomic E-state index is 11.8. The summed E-state index contributed by atoms with van der Waals surface area (Å²) in [6.45, 7) is 0. The summed E-state index contributed by atoms with van der Waals surface area (Å²) in [5, 5.41) is 9.65. The molecular weight excluding hydrogens is 239 g/mol. The van der Waals surface area contributed by atoms with Crippen molar-refractivity contribution in [1.82, 2.24) is 4.98 Å². The van der Waals surface area contributed by atoms with E-state index in [-0.39, 0.29) is 28.2 Å². The van der Waals surface area contributed by atoms with Gasteiger partial charge in [0, 0.05) is 17.1 Å². The summed E-state index contributed by atoms with van der Waals surface area (Å²) in [6.07, 6.45) is -0.352. The Balaban J connectivity index is 2.64. The number of halogens is 3. The molecule has 0 spiro atoms. The number of rotatable bonds is 3. The van der Waals surface area contributed by atoms with Crippen LogP contribution in [-0.2, 0) is 11.2 Å². The molecule has 0 aliphatic heterocycles. The highest BCUT2D eigenvalue weighted by molar-refractivity contribution is 8.01. The number of nitrogens with zero attached hydrogens (tertiary/aromatic N) is 1. The number of carboxylic acid groups (broad SMARTS) is 1. The van der Waals surface area contributed by atoms with Gasteiger partial charge >= 0.3 is 11.5 Å². The van der Waals surface area contributed by atoms with Gasteiger partial charge in [0.2, 0.25) is 0 Å². The van der Waals surface area contributed by atoms with Gasteiger partial charge in [-0.1, -0.05) is 0 Å². The molecule has 8 heteroatoms. The lowest BCUT2D eigenvalue weighted by Crippen LogP contribution is -2.01. The first-order valence-electron chi connectivity index (χ1n) is 3.29. The van der Waals surface area contributed by atoms with E-state index in [1.54, 1.807) is 0 Å². The van der Waals surface area contributed by atoms with Crippen LogP contribution in [0.25, 0.3) is 0 Å². The van der Waals surface area contributed by atoms with E-state index in [0.29, 0.717) is 0 Å². The Kier molecular flexibility index (Phi) is 3.38. The molecule has 1 heterocycles. The summed E-state index contributed by atoms with van der Waals surface area (Å²) in [6, 6.07) is 0. The molecule has 14 heavy (non-hydrogen) atoms. The Hall–Kier alpha value is -0.760. The van der Waals surface area contributed by atoms with Crippen LogP contribution in [-0.4, -0.2) is 21.6 Å². The molecule has 1 rings (SSSR count). The first-order valence-corrected chi connectivity index (χ1v) is 4.98. The largest absolute Gasteiger partial charge is 0.481 e. The summed E-state index contributed by atoms with van der Waals surface area (Å²) in [4.78, 5) is 13.7. The van der Waals surface area contributed by atoms with Crippen molar-refractivity contribution in [2.45, 2.75) is 16.3 Å². The standard InChI is InChI=1S/C6H4F3NO2S2/c7-6(8,9)14-5-10-3(2-13-5)1-4(11)12/h2H,1H2,(H,11,12). The molecule has 0 aliphatic carbocycles. The van der Waals surface area contributed by atoms with Gasteiger partial charge in [-0.05, 0) is 0 Å². The molecule has 3 nitrogen and oxygen atoms in total. The minimum atomic E-state index is -4.38. The van der Waals surface area contributed by atoms with E-state index in [4.69, 9.17) is 5.11 Å². The van der Waals surface area contributed by atoms with Crippen LogP contribution in [0, 0.1) is 0 Å². The van der Waals surface area contributed by atoms with Crippen LogP contribution in [0.4, 0.5) is 13.2 Å². The van der Waals surface area contributed by atoms with Crippen LogP contribution in [0.15, 0.2) is 9.72 Å². The average molecular weight is 243 g/mol. The van der Waals surface area contributed by atoms with Crippen LogP contribution >= 0.6 is 23.1 Å². The van der Waals surface area contributed by atoms with Crippen molar-refractivity contribution in [3.05, 3.63) is 11.1 Å². The number of thioether (sulfide) groups is 1. The number of aliphatic carboxylic acids is 1. The van der Waals surface area contributed by atoms with Crippen LogP contribution in [0.5, 0.6) is 0 Å². The van der Waals surface area contributed by atoms with E-state index < -0.39 is 11.5 Å². The first kappa shape index (κ1) is 11.3. The molecule has 78 valence electrons. The second kappa shape index (κ2) is 4.18. The second-order valence-corrected chi connectivity index (χ2v) is 4.39. The fourth-order valence-corrected chi connectivity index (χ4v) is 2.19. The van der Waals surface area contributed by atoms with E-state index >= 15 is 0 Å². The molecule has 0 aliphatic rings. The lowest BCUT2D eigenvalue weighted by atomic mass is 10.3. The summed E-state index contributed by atoms with van der Waals surface area (Å²) >= 11 is 0.450. The van der Waals surface area contributed by atoms with Gasteiger partial charge in [-0.2, -0.15) is 13.2 Å². The van der Waals surface area contributed by atoms with Gasteiger partial charge in [-0.3, -0.25) is 4.79 Å². The van der Waals surface area contributed by atoms with Crippen molar-refractivity contribution in [1.29, 1.82) is 0 Å². The molecule has 1 aromatic heterocycles. The number of carbonyl (C=O) groups is 1. The van der Waals surface area contributed by atoms with Gasteiger partial charge in [0.05, 0.1) is 12.1 Å². The van der Waals surface area contributed by atoms with Crippen molar-refractivity contribution in [3.63, 3.8) is 0 Å². The Bertz CT molecular complexity index is 336. The van der Waals surface area contributed by atoms with Gasteiger partial charge in [0.15, 0.2) is 4.34 Å². The van der Waals surface area contributed by atoms with Crippen LogP contribution < -0.4 is 0 Å². The molecule has 1 N–H and O–H groups in total. The van der Waals surface area contributed by atoms with Gasteiger partial charge in [0.25, 0.3) is 0 Å². The highest BCUT2D eigenvalue weighted by Gasteiger charge is 2.31. The number of alkyl halides is 3. The van der Waals surface area contributed by atoms with Crippen molar-refractivity contribution >= 4 is 29.1 Å². The smallest absolute Gasteiger partial charge is 0.448 e. The number of carboxylic acids is 1. The van der Waals surface area contributed by atoms with Gasteiger partial charge in [-0.15, -0.1) is 11.3 Å². The zero-order valence-corrected chi connectivity index (χ0v) is 8.17. The Labute approximate surface area is 85.0 Å². The van der Waals surface area contributed by atoms with Crippen molar-refractivity contribution in [3.8, 4) is 0 Å². The number of hydrogen-bond acceptors (Lipinski definition) is 4. The van der Waals surface area contributed by atoms with Crippen LogP contribution in [0.3, 0.4) is 0 Å². The first-order chi connectivity index (χ1) is 6.37. The predicted octanol–water partition coefficient (Wildman–Crippen LogP) is 2.38. The van der Waals surface area contributed by atoms with E-state index in [1.165, 1.54) is 5.38 Å². The monoisotopic (exact) mass is 243 g/mol. The molecule has 0 saturated carbocycles. The molecule has 0 fully saturated rings. The minimum Gasteiger partial charge on any atom is -0.481 e. The Morgan fingerprint density at radius 1 is 1.64 bits per heavy atom. The van der Waals surface area contributed by atoms with Gasteiger partial charge < -0.3 is 5.11 Å². The average Bonchev–Trinajstić information content (AvgIpc) is 2.30. The molecule has 0 amide bonds.